The lowest BCUT2D eigenvalue weighted by Crippen LogP contribution is -2.14. The minimum atomic E-state index is -0.115. The lowest BCUT2D eigenvalue weighted by Gasteiger charge is -2.22. The maximum absolute atomic E-state index is 5.18. The van der Waals surface area contributed by atoms with Gasteiger partial charge in [-0.1, -0.05) is 178 Å². The van der Waals surface area contributed by atoms with Crippen molar-refractivity contribution in [2.24, 2.45) is 0 Å². The standard InChI is InChI=1S/C52H37N5/c1-52(2)44-27-13-12-26-42(44)43-29-28-40(32-45(43)52)47-33-46(53-48(54-47)34-16-6-3-7-17-34)39-24-14-22-37(30-39)38-23-15-25-41(31-38)51-56-49(35-18-8-4-9-19-35)55-50(57-51)36-20-10-5-11-21-36/h3-33H,1-2H3. The van der Waals surface area contributed by atoms with Crippen LogP contribution >= 0.6 is 0 Å². The molecular weight excluding hydrogens is 695 g/mol. The minimum Gasteiger partial charge on any atom is -0.228 e. The second kappa shape index (κ2) is 14.0. The molecule has 10 rings (SSSR count). The predicted molar refractivity (Wildman–Crippen MR) is 231 cm³/mol. The molecule has 1 aliphatic rings. The van der Waals surface area contributed by atoms with Crippen molar-refractivity contribution in [1.29, 1.82) is 0 Å². The number of rotatable bonds is 7. The molecule has 5 nitrogen and oxygen atoms in total. The summed E-state index contributed by atoms with van der Waals surface area (Å²) in [6.07, 6.45) is 0. The maximum Gasteiger partial charge on any atom is 0.164 e. The van der Waals surface area contributed by atoms with Gasteiger partial charge in [-0.15, -0.1) is 0 Å². The highest BCUT2D eigenvalue weighted by Crippen LogP contribution is 2.49. The SMILES string of the molecule is CC1(C)c2ccccc2-c2ccc(-c3cc(-c4cccc(-c5cccc(-c6nc(-c7ccccc7)nc(-c7ccccc7)n6)c5)c4)nc(-c4ccccc4)n3)cc21. The zero-order valence-corrected chi connectivity index (χ0v) is 31.6. The summed E-state index contributed by atoms with van der Waals surface area (Å²) in [7, 11) is 0. The summed E-state index contributed by atoms with van der Waals surface area (Å²) in [4.78, 5) is 25.2. The van der Waals surface area contributed by atoms with Gasteiger partial charge < -0.3 is 0 Å². The van der Waals surface area contributed by atoms with Crippen molar-refractivity contribution >= 4 is 0 Å². The van der Waals surface area contributed by atoms with E-state index in [1.165, 1.54) is 22.3 Å². The monoisotopic (exact) mass is 731 g/mol. The van der Waals surface area contributed by atoms with Crippen LogP contribution in [0.3, 0.4) is 0 Å². The van der Waals surface area contributed by atoms with Crippen LogP contribution in [0.1, 0.15) is 25.0 Å². The van der Waals surface area contributed by atoms with Crippen molar-refractivity contribution in [2.75, 3.05) is 0 Å². The average Bonchev–Trinajstić information content (AvgIpc) is 3.52. The zero-order chi connectivity index (χ0) is 38.3. The Hall–Kier alpha value is -7.37. The van der Waals surface area contributed by atoms with E-state index >= 15 is 0 Å². The Morgan fingerprint density at radius 2 is 0.684 bits per heavy atom. The summed E-state index contributed by atoms with van der Waals surface area (Å²) >= 11 is 0. The highest BCUT2D eigenvalue weighted by molar-refractivity contribution is 5.84. The quantitative estimate of drug-likeness (QED) is 0.163. The van der Waals surface area contributed by atoms with Gasteiger partial charge in [0.1, 0.15) is 0 Å². The summed E-state index contributed by atoms with van der Waals surface area (Å²) in [5.41, 5.74) is 14.9. The van der Waals surface area contributed by atoms with Gasteiger partial charge in [0.2, 0.25) is 0 Å². The largest absolute Gasteiger partial charge is 0.228 e. The molecule has 0 saturated heterocycles. The lowest BCUT2D eigenvalue weighted by molar-refractivity contribution is 0.660. The van der Waals surface area contributed by atoms with Crippen LogP contribution in [0.4, 0.5) is 0 Å². The third-order valence-electron chi connectivity index (χ3n) is 10.9. The van der Waals surface area contributed by atoms with Crippen molar-refractivity contribution in [1.82, 2.24) is 24.9 Å². The Morgan fingerprint density at radius 3 is 1.26 bits per heavy atom. The summed E-state index contributed by atoms with van der Waals surface area (Å²) < 4.78 is 0. The number of nitrogens with zero attached hydrogens (tertiary/aromatic N) is 5. The van der Waals surface area contributed by atoms with Crippen LogP contribution in [-0.4, -0.2) is 24.9 Å². The van der Waals surface area contributed by atoms with Gasteiger partial charge in [-0.25, -0.2) is 24.9 Å². The van der Waals surface area contributed by atoms with Gasteiger partial charge in [0.05, 0.1) is 11.4 Å². The molecule has 0 saturated carbocycles. The number of hydrogen-bond donors (Lipinski definition) is 0. The molecule has 0 spiro atoms. The lowest BCUT2D eigenvalue weighted by atomic mass is 9.82. The van der Waals surface area contributed by atoms with Gasteiger partial charge in [0, 0.05) is 38.8 Å². The molecule has 0 radical (unpaired) electrons. The van der Waals surface area contributed by atoms with Crippen LogP contribution in [0, 0.1) is 0 Å². The van der Waals surface area contributed by atoms with Gasteiger partial charge in [-0.2, -0.15) is 0 Å². The molecule has 2 heterocycles. The Balaban J connectivity index is 1.06. The van der Waals surface area contributed by atoms with Crippen molar-refractivity contribution in [2.45, 2.75) is 19.3 Å². The first kappa shape index (κ1) is 34.1. The fourth-order valence-corrected chi connectivity index (χ4v) is 7.96. The summed E-state index contributed by atoms with van der Waals surface area (Å²) in [5.74, 6) is 2.58. The molecule has 0 fully saturated rings. The molecule has 1 aliphatic carbocycles. The van der Waals surface area contributed by atoms with Crippen molar-refractivity contribution in [3.05, 3.63) is 199 Å². The van der Waals surface area contributed by atoms with Crippen molar-refractivity contribution in [3.63, 3.8) is 0 Å². The van der Waals surface area contributed by atoms with Crippen LogP contribution < -0.4 is 0 Å². The minimum absolute atomic E-state index is 0.115. The van der Waals surface area contributed by atoms with E-state index in [4.69, 9.17) is 24.9 Å². The van der Waals surface area contributed by atoms with Gasteiger partial charge in [-0.05, 0) is 57.6 Å². The van der Waals surface area contributed by atoms with Gasteiger partial charge in [-0.3, -0.25) is 0 Å². The molecule has 7 aromatic carbocycles. The maximum atomic E-state index is 5.18. The molecule has 0 unspecified atom stereocenters. The summed E-state index contributed by atoms with van der Waals surface area (Å²) in [6.45, 7) is 4.63. The van der Waals surface area contributed by atoms with E-state index in [9.17, 15) is 0 Å². The Labute approximate surface area is 332 Å². The normalized spacial score (nSPS) is 12.5. The Kier molecular flexibility index (Phi) is 8.41. The highest BCUT2D eigenvalue weighted by atomic mass is 15.0. The van der Waals surface area contributed by atoms with Crippen LogP contribution in [0.5, 0.6) is 0 Å². The second-order valence-corrected chi connectivity index (χ2v) is 15.0. The van der Waals surface area contributed by atoms with Crippen molar-refractivity contribution < 1.29 is 0 Å². The summed E-state index contributed by atoms with van der Waals surface area (Å²) in [6, 6.07) is 65.0. The third kappa shape index (κ3) is 6.39. The van der Waals surface area contributed by atoms with Gasteiger partial charge >= 0.3 is 0 Å². The molecule has 270 valence electrons. The van der Waals surface area contributed by atoms with Crippen LogP contribution in [0.15, 0.2) is 188 Å². The molecule has 9 aromatic rings. The van der Waals surface area contributed by atoms with Crippen LogP contribution in [-0.2, 0) is 5.41 Å². The second-order valence-electron chi connectivity index (χ2n) is 15.0. The smallest absolute Gasteiger partial charge is 0.164 e. The summed E-state index contributed by atoms with van der Waals surface area (Å²) in [5, 5.41) is 0. The van der Waals surface area contributed by atoms with E-state index in [2.05, 4.69) is 123 Å². The van der Waals surface area contributed by atoms with Gasteiger partial charge in [0.15, 0.2) is 23.3 Å². The van der Waals surface area contributed by atoms with E-state index in [0.717, 1.165) is 55.9 Å². The van der Waals surface area contributed by atoms with Gasteiger partial charge in [0.25, 0.3) is 0 Å². The predicted octanol–water partition coefficient (Wildman–Crippen LogP) is 12.6. The average molecular weight is 732 g/mol. The number of aromatic nitrogens is 5. The first-order chi connectivity index (χ1) is 28.0. The highest BCUT2D eigenvalue weighted by Gasteiger charge is 2.35. The van der Waals surface area contributed by atoms with Crippen molar-refractivity contribution in [3.8, 4) is 90.3 Å². The molecule has 0 amide bonds. The first-order valence-corrected chi connectivity index (χ1v) is 19.3. The first-order valence-electron chi connectivity index (χ1n) is 19.3. The van der Waals surface area contributed by atoms with E-state index in [0.29, 0.717) is 23.3 Å². The van der Waals surface area contributed by atoms with E-state index in [1.807, 2.05) is 78.9 Å². The fourth-order valence-electron chi connectivity index (χ4n) is 7.96. The number of fused-ring (bicyclic) bond motifs is 3. The third-order valence-corrected chi connectivity index (χ3v) is 10.9. The van der Waals surface area contributed by atoms with Crippen LogP contribution in [0.2, 0.25) is 0 Å². The van der Waals surface area contributed by atoms with E-state index < -0.39 is 0 Å². The topological polar surface area (TPSA) is 64.5 Å². The molecule has 57 heavy (non-hydrogen) atoms. The molecule has 0 aliphatic heterocycles. The molecule has 0 N–H and O–H groups in total. The fraction of sp³-hybridized carbons (Fsp3) is 0.0577. The molecular formula is C52H37N5. The van der Waals surface area contributed by atoms with Crippen LogP contribution in [0.25, 0.3) is 90.3 Å². The van der Waals surface area contributed by atoms with E-state index in [-0.39, 0.29) is 5.41 Å². The molecule has 5 heteroatoms. The number of benzene rings is 7. The Bertz CT molecular complexity index is 2860. The van der Waals surface area contributed by atoms with E-state index in [1.54, 1.807) is 0 Å². The zero-order valence-electron chi connectivity index (χ0n) is 31.6. The molecule has 2 aromatic heterocycles. The molecule has 0 atom stereocenters. The molecule has 0 bridgehead atoms. The number of hydrogen-bond acceptors (Lipinski definition) is 5. The Morgan fingerprint density at radius 1 is 0.281 bits per heavy atom.